The van der Waals surface area contributed by atoms with Crippen LogP contribution in [0.3, 0.4) is 0 Å². The molecule has 0 bridgehead atoms. The van der Waals surface area contributed by atoms with Gasteiger partial charge in [-0.05, 0) is 31.5 Å². The van der Waals surface area contributed by atoms with Crippen LogP contribution in [0.2, 0.25) is 0 Å². The van der Waals surface area contributed by atoms with E-state index in [1.165, 1.54) is 13.0 Å². The van der Waals surface area contributed by atoms with Crippen LogP contribution in [0.25, 0.3) is 0 Å². The molecule has 0 aliphatic carbocycles. The molecule has 0 atom stereocenters. The van der Waals surface area contributed by atoms with Crippen LogP contribution in [0.15, 0.2) is 12.1 Å². The number of hydrogen-bond donors (Lipinski definition) is 1. The van der Waals surface area contributed by atoms with Crippen LogP contribution in [0, 0.1) is 18.3 Å². The maximum atomic E-state index is 11.1. The lowest BCUT2D eigenvalue weighted by Crippen LogP contribution is -2.00. The number of anilines is 1. The first kappa shape index (κ1) is 9.27. The van der Waals surface area contributed by atoms with E-state index in [0.717, 1.165) is 5.56 Å². The minimum Gasteiger partial charge on any atom is -0.398 e. The molecule has 0 saturated carbocycles. The molecule has 1 aromatic rings. The Morgan fingerprint density at radius 3 is 2.62 bits per heavy atom. The van der Waals surface area contributed by atoms with Crippen LogP contribution in [0.1, 0.15) is 28.4 Å². The van der Waals surface area contributed by atoms with Crippen molar-refractivity contribution < 1.29 is 4.79 Å². The van der Waals surface area contributed by atoms with Crippen molar-refractivity contribution in [3.63, 3.8) is 0 Å². The second-order valence-corrected chi connectivity index (χ2v) is 2.92. The highest BCUT2D eigenvalue weighted by Gasteiger charge is 2.07. The average Bonchev–Trinajstić information content (AvgIpc) is 2.03. The largest absolute Gasteiger partial charge is 0.398 e. The van der Waals surface area contributed by atoms with Gasteiger partial charge in [-0.1, -0.05) is 0 Å². The van der Waals surface area contributed by atoms with Crippen LogP contribution in [-0.2, 0) is 0 Å². The third-order valence-corrected chi connectivity index (χ3v) is 1.90. The zero-order valence-electron chi connectivity index (χ0n) is 7.59. The van der Waals surface area contributed by atoms with Gasteiger partial charge >= 0.3 is 0 Å². The molecule has 0 unspecified atom stereocenters. The van der Waals surface area contributed by atoms with Gasteiger partial charge in [0.15, 0.2) is 5.78 Å². The van der Waals surface area contributed by atoms with Crippen LogP contribution < -0.4 is 5.73 Å². The molecule has 13 heavy (non-hydrogen) atoms. The third kappa shape index (κ3) is 1.67. The molecule has 1 aromatic carbocycles. The summed E-state index contributed by atoms with van der Waals surface area (Å²) in [6, 6.07) is 5.12. The summed E-state index contributed by atoms with van der Waals surface area (Å²) in [5.74, 6) is -0.0472. The van der Waals surface area contributed by atoms with Crippen molar-refractivity contribution >= 4 is 11.5 Å². The summed E-state index contributed by atoms with van der Waals surface area (Å²) in [6.07, 6.45) is 0. The molecule has 0 aromatic heterocycles. The van der Waals surface area contributed by atoms with Gasteiger partial charge in [0.25, 0.3) is 0 Å². The summed E-state index contributed by atoms with van der Waals surface area (Å²) in [7, 11) is 0. The van der Waals surface area contributed by atoms with Gasteiger partial charge in [-0.2, -0.15) is 5.26 Å². The van der Waals surface area contributed by atoms with E-state index in [1.54, 1.807) is 13.0 Å². The monoisotopic (exact) mass is 174 g/mol. The topological polar surface area (TPSA) is 66.9 Å². The van der Waals surface area contributed by atoms with E-state index >= 15 is 0 Å². The Hall–Kier alpha value is -1.82. The number of carbonyl (C=O) groups is 1. The van der Waals surface area contributed by atoms with Gasteiger partial charge in [0, 0.05) is 11.3 Å². The molecule has 0 spiro atoms. The van der Waals surface area contributed by atoms with Crippen LogP contribution in [-0.4, -0.2) is 5.78 Å². The number of aryl methyl sites for hydroxylation is 1. The average molecular weight is 174 g/mol. The zero-order valence-corrected chi connectivity index (χ0v) is 7.59. The SMILES string of the molecule is CC(=O)c1cc(C#N)c(N)cc1C. The summed E-state index contributed by atoms with van der Waals surface area (Å²) in [6.45, 7) is 3.27. The van der Waals surface area contributed by atoms with Gasteiger partial charge < -0.3 is 5.73 Å². The number of nitrogens with zero attached hydrogens (tertiary/aromatic N) is 1. The molecule has 0 amide bonds. The quantitative estimate of drug-likeness (QED) is 0.520. The van der Waals surface area contributed by atoms with E-state index in [0.29, 0.717) is 16.8 Å². The molecule has 1 rings (SSSR count). The molecule has 0 heterocycles. The fourth-order valence-corrected chi connectivity index (χ4v) is 1.21. The van der Waals surface area contributed by atoms with Gasteiger partial charge in [-0.25, -0.2) is 0 Å². The van der Waals surface area contributed by atoms with Crippen molar-refractivity contribution in [3.8, 4) is 6.07 Å². The lowest BCUT2D eigenvalue weighted by Gasteiger charge is -2.04. The van der Waals surface area contributed by atoms with E-state index in [-0.39, 0.29) is 5.78 Å². The maximum absolute atomic E-state index is 11.1. The Morgan fingerprint density at radius 1 is 1.54 bits per heavy atom. The molecule has 2 N–H and O–H groups in total. The minimum atomic E-state index is -0.0472. The highest BCUT2D eigenvalue weighted by molar-refractivity contribution is 5.96. The van der Waals surface area contributed by atoms with Crippen molar-refractivity contribution in [1.29, 1.82) is 5.26 Å². The Balaban J connectivity index is 3.41. The third-order valence-electron chi connectivity index (χ3n) is 1.90. The van der Waals surface area contributed by atoms with Gasteiger partial charge in [0.05, 0.1) is 5.56 Å². The highest BCUT2D eigenvalue weighted by atomic mass is 16.1. The fraction of sp³-hybridized carbons (Fsp3) is 0.200. The number of carbonyl (C=O) groups excluding carboxylic acids is 1. The van der Waals surface area contributed by atoms with Gasteiger partial charge in [0.2, 0.25) is 0 Å². The molecule has 3 heteroatoms. The first-order chi connectivity index (χ1) is 6.06. The van der Waals surface area contributed by atoms with Gasteiger partial charge in [-0.3, -0.25) is 4.79 Å². The molecular formula is C10H10N2O. The smallest absolute Gasteiger partial charge is 0.160 e. The Kier molecular flexibility index (Phi) is 2.34. The lowest BCUT2D eigenvalue weighted by atomic mass is 10.0. The number of benzene rings is 1. The number of ketones is 1. The standard InChI is InChI=1S/C10H10N2O/c1-6-3-10(12)8(5-11)4-9(6)7(2)13/h3-4H,12H2,1-2H3. The van der Waals surface area contributed by atoms with Gasteiger partial charge in [0.1, 0.15) is 6.07 Å². The zero-order chi connectivity index (χ0) is 10.0. The number of nitriles is 1. The number of rotatable bonds is 1. The normalized spacial score (nSPS) is 9.31. The molecule has 0 aliphatic heterocycles. The van der Waals surface area contributed by atoms with E-state index in [4.69, 9.17) is 11.0 Å². The Morgan fingerprint density at radius 2 is 2.15 bits per heavy atom. The summed E-state index contributed by atoms with van der Waals surface area (Å²) in [5, 5.41) is 8.67. The van der Waals surface area contributed by atoms with Crippen molar-refractivity contribution in [2.45, 2.75) is 13.8 Å². The van der Waals surface area contributed by atoms with E-state index < -0.39 is 0 Å². The molecule has 66 valence electrons. The molecule has 0 fully saturated rings. The van der Waals surface area contributed by atoms with Crippen molar-refractivity contribution in [2.24, 2.45) is 0 Å². The summed E-state index contributed by atoms with van der Waals surface area (Å²) < 4.78 is 0. The molecular weight excluding hydrogens is 164 g/mol. The maximum Gasteiger partial charge on any atom is 0.160 e. The number of Topliss-reactive ketones (excluding diaryl/α,β-unsaturated/α-hetero) is 1. The van der Waals surface area contributed by atoms with Crippen LogP contribution in [0.5, 0.6) is 0 Å². The van der Waals surface area contributed by atoms with Crippen molar-refractivity contribution in [3.05, 3.63) is 28.8 Å². The Labute approximate surface area is 76.8 Å². The van der Waals surface area contributed by atoms with E-state index in [2.05, 4.69) is 0 Å². The van der Waals surface area contributed by atoms with Crippen molar-refractivity contribution in [1.82, 2.24) is 0 Å². The van der Waals surface area contributed by atoms with Gasteiger partial charge in [-0.15, -0.1) is 0 Å². The molecule has 0 radical (unpaired) electrons. The number of hydrogen-bond acceptors (Lipinski definition) is 3. The summed E-state index contributed by atoms with van der Waals surface area (Å²) in [5.41, 5.74) is 7.72. The minimum absolute atomic E-state index is 0.0472. The second kappa shape index (κ2) is 3.28. The second-order valence-electron chi connectivity index (χ2n) is 2.92. The summed E-state index contributed by atoms with van der Waals surface area (Å²) in [4.78, 5) is 11.1. The Bertz CT molecular complexity index is 402. The predicted octanol–water partition coefficient (Wildman–Crippen LogP) is 1.65. The van der Waals surface area contributed by atoms with Crippen molar-refractivity contribution in [2.75, 3.05) is 5.73 Å². The first-order valence-electron chi connectivity index (χ1n) is 3.87. The number of nitrogen functional groups attached to an aromatic ring is 1. The lowest BCUT2D eigenvalue weighted by molar-refractivity contribution is 0.101. The molecule has 0 saturated heterocycles. The predicted molar refractivity (Wildman–Crippen MR) is 50.3 cm³/mol. The summed E-state index contributed by atoms with van der Waals surface area (Å²) >= 11 is 0. The first-order valence-corrected chi connectivity index (χ1v) is 3.87. The fourth-order valence-electron chi connectivity index (χ4n) is 1.21. The molecule has 0 aliphatic rings. The van der Waals surface area contributed by atoms with Crippen LogP contribution >= 0.6 is 0 Å². The van der Waals surface area contributed by atoms with Crippen LogP contribution in [0.4, 0.5) is 5.69 Å². The highest BCUT2D eigenvalue weighted by Crippen LogP contribution is 2.18. The molecule has 3 nitrogen and oxygen atoms in total. The number of nitrogens with two attached hydrogens (primary N) is 1. The van der Waals surface area contributed by atoms with E-state index in [1.807, 2.05) is 6.07 Å². The van der Waals surface area contributed by atoms with E-state index in [9.17, 15) is 4.79 Å².